The first-order chi connectivity index (χ1) is 8.07. The van der Waals surface area contributed by atoms with E-state index in [1.54, 1.807) is 0 Å². The minimum Gasteiger partial charge on any atom is -0.478 e. The molecule has 0 heterocycles. The number of carbonyl (C=O) groups is 2. The second kappa shape index (κ2) is 5.90. The number of hydrogen-bond acceptors (Lipinski definition) is 3. The maximum atomic E-state index is 11.6. The molecule has 0 aliphatic heterocycles. The minimum absolute atomic E-state index is 0.0684. The van der Waals surface area contributed by atoms with Crippen molar-refractivity contribution in [2.45, 2.75) is 19.8 Å². The van der Waals surface area contributed by atoms with Crippen molar-refractivity contribution in [1.82, 2.24) is 0 Å². The van der Waals surface area contributed by atoms with Gasteiger partial charge in [-0.15, -0.1) is 0 Å². The number of carbonyl (C=O) groups excluding carboxylic acids is 1. The van der Waals surface area contributed by atoms with Crippen molar-refractivity contribution >= 4 is 11.9 Å². The highest BCUT2D eigenvalue weighted by Gasteiger charge is 2.16. The molecule has 0 atom stereocenters. The lowest BCUT2D eigenvalue weighted by molar-refractivity contribution is 0.0489. The Morgan fingerprint density at radius 3 is 2.81 bits per heavy atom. The van der Waals surface area contributed by atoms with Gasteiger partial charge in [0.1, 0.15) is 0 Å². The van der Waals surface area contributed by atoms with Crippen LogP contribution >= 0.6 is 0 Å². The van der Waals surface area contributed by atoms with Crippen molar-refractivity contribution in [1.29, 1.82) is 0 Å². The zero-order valence-corrected chi connectivity index (χ0v) is 9.03. The van der Waals surface area contributed by atoms with Crippen LogP contribution in [0, 0.1) is 0 Å². The normalized spacial score (nSPS) is 10.7. The predicted molar refractivity (Wildman–Crippen MR) is 58.6 cm³/mol. The molecule has 4 heteroatoms. The highest BCUT2D eigenvalue weighted by atomic mass is 16.5. The third kappa shape index (κ3) is 3.08. The molecular weight excluding hydrogens is 208 g/mol. The van der Waals surface area contributed by atoms with Gasteiger partial charge in [-0.2, -0.15) is 0 Å². The van der Waals surface area contributed by atoms with Crippen LogP contribution in [-0.4, -0.2) is 23.7 Å². The fourth-order valence-electron chi connectivity index (χ4n) is 1.17. The number of carboxylic acids is 1. The molecular formula is C12H14O4. The summed E-state index contributed by atoms with van der Waals surface area (Å²) in [4.78, 5) is 22.6. The molecule has 86 valence electrons. The van der Waals surface area contributed by atoms with Crippen LogP contribution in [0.3, 0.4) is 0 Å². The molecule has 0 amide bonds. The minimum atomic E-state index is -1.29. The van der Waals surface area contributed by atoms with E-state index in [0.29, 0.717) is 0 Å². The largest absolute Gasteiger partial charge is 0.478 e. The standard InChI is InChI=1S/C12H14O4/c1-2-3-8-16-12(15)10-7-5-4-6-9(10)11(13)14/h4-7H,2-3,8H2,1H3,(H,13,14)/i6D. The van der Waals surface area contributed by atoms with Crippen molar-refractivity contribution in [3.8, 4) is 0 Å². The summed E-state index contributed by atoms with van der Waals surface area (Å²) < 4.78 is 12.4. The lowest BCUT2D eigenvalue weighted by Crippen LogP contribution is -2.12. The monoisotopic (exact) mass is 223 g/mol. The number of hydrogen-bond donors (Lipinski definition) is 1. The van der Waals surface area contributed by atoms with Gasteiger partial charge in [0.15, 0.2) is 0 Å². The molecule has 1 aromatic rings. The lowest BCUT2D eigenvalue weighted by Gasteiger charge is -2.06. The van der Waals surface area contributed by atoms with Crippen LogP contribution in [0.1, 0.15) is 41.9 Å². The molecule has 0 bridgehead atoms. The van der Waals surface area contributed by atoms with E-state index in [1.165, 1.54) is 18.2 Å². The van der Waals surface area contributed by atoms with Crippen LogP contribution in [0.5, 0.6) is 0 Å². The quantitative estimate of drug-likeness (QED) is 0.614. The Kier molecular flexibility index (Phi) is 3.94. The topological polar surface area (TPSA) is 63.6 Å². The van der Waals surface area contributed by atoms with Crippen molar-refractivity contribution in [3.63, 3.8) is 0 Å². The van der Waals surface area contributed by atoms with E-state index in [0.717, 1.165) is 12.8 Å². The summed E-state index contributed by atoms with van der Waals surface area (Å²) in [6.07, 6.45) is 1.62. The molecule has 16 heavy (non-hydrogen) atoms. The summed E-state index contributed by atoms with van der Waals surface area (Å²) in [5, 5.41) is 8.94. The van der Waals surface area contributed by atoms with Gasteiger partial charge < -0.3 is 9.84 Å². The number of rotatable bonds is 5. The van der Waals surface area contributed by atoms with Gasteiger partial charge >= 0.3 is 11.9 Å². The van der Waals surface area contributed by atoms with Crippen LogP contribution in [0.25, 0.3) is 0 Å². The second-order valence-electron chi connectivity index (χ2n) is 3.25. The first-order valence-corrected chi connectivity index (χ1v) is 5.08. The molecule has 0 aromatic heterocycles. The van der Waals surface area contributed by atoms with E-state index in [4.69, 9.17) is 11.2 Å². The fourth-order valence-corrected chi connectivity index (χ4v) is 1.17. The number of unbranched alkanes of at least 4 members (excludes halogenated alkanes) is 1. The van der Waals surface area contributed by atoms with Gasteiger partial charge in [0.05, 0.1) is 19.1 Å². The molecule has 0 radical (unpaired) electrons. The number of aromatic carboxylic acids is 1. The van der Waals surface area contributed by atoms with E-state index in [1.807, 2.05) is 6.92 Å². The average molecular weight is 223 g/mol. The summed E-state index contributed by atoms with van der Waals surface area (Å²) in [6.45, 7) is 2.22. The Morgan fingerprint density at radius 1 is 1.44 bits per heavy atom. The van der Waals surface area contributed by atoms with E-state index >= 15 is 0 Å². The SMILES string of the molecule is [2H]c1cccc(C(=O)OCCCC)c1C(=O)O. The molecule has 1 aromatic carbocycles. The molecule has 1 N–H and O–H groups in total. The highest BCUT2D eigenvalue weighted by molar-refractivity contribution is 6.02. The van der Waals surface area contributed by atoms with Gasteiger partial charge in [0.2, 0.25) is 0 Å². The number of esters is 1. The summed E-state index contributed by atoms with van der Waals surface area (Å²) in [7, 11) is 0. The maximum absolute atomic E-state index is 11.6. The van der Waals surface area contributed by atoms with Crippen molar-refractivity contribution in [3.05, 3.63) is 35.4 Å². The summed E-state index contributed by atoms with van der Waals surface area (Å²) in [6, 6.07) is 3.95. The van der Waals surface area contributed by atoms with Gasteiger partial charge in [-0.1, -0.05) is 25.5 Å². The summed E-state index contributed by atoms with van der Waals surface area (Å²) in [5.41, 5.74) is -0.380. The Bertz CT molecular complexity index is 429. The molecule has 0 unspecified atom stereocenters. The van der Waals surface area contributed by atoms with Crippen LogP contribution in [0.15, 0.2) is 24.2 Å². The third-order valence-electron chi connectivity index (χ3n) is 2.02. The second-order valence-corrected chi connectivity index (χ2v) is 3.25. The molecule has 0 saturated carbocycles. The van der Waals surface area contributed by atoms with Gasteiger partial charge in [0, 0.05) is 0 Å². The zero-order chi connectivity index (χ0) is 12.8. The summed E-state index contributed by atoms with van der Waals surface area (Å²) >= 11 is 0. The number of carboxylic acid groups (broad SMARTS) is 1. The van der Waals surface area contributed by atoms with E-state index in [9.17, 15) is 9.59 Å². The summed E-state index contributed by atoms with van der Waals surface area (Å²) in [5.74, 6) is -1.98. The van der Waals surface area contributed by atoms with Crippen molar-refractivity contribution < 1.29 is 20.8 Å². The van der Waals surface area contributed by atoms with Gasteiger partial charge in [-0.05, 0) is 18.5 Å². The van der Waals surface area contributed by atoms with E-state index in [-0.39, 0.29) is 23.8 Å². The molecule has 0 aliphatic rings. The van der Waals surface area contributed by atoms with Gasteiger partial charge in [0.25, 0.3) is 0 Å². The van der Waals surface area contributed by atoms with Crippen LogP contribution in [0.4, 0.5) is 0 Å². The smallest absolute Gasteiger partial charge is 0.339 e. The van der Waals surface area contributed by atoms with Crippen molar-refractivity contribution in [2.75, 3.05) is 6.61 Å². The Morgan fingerprint density at radius 2 is 2.19 bits per heavy atom. The number of benzene rings is 1. The average Bonchev–Trinajstić information content (AvgIpc) is 2.28. The maximum Gasteiger partial charge on any atom is 0.339 e. The molecule has 0 spiro atoms. The molecule has 1 rings (SSSR count). The van der Waals surface area contributed by atoms with Crippen LogP contribution in [0.2, 0.25) is 0 Å². The zero-order valence-electron chi connectivity index (χ0n) is 10.0. The van der Waals surface area contributed by atoms with Gasteiger partial charge in [-0.25, -0.2) is 9.59 Å². The van der Waals surface area contributed by atoms with Gasteiger partial charge in [-0.3, -0.25) is 0 Å². The Balaban J connectivity index is 2.93. The first kappa shape index (κ1) is 10.7. The van der Waals surface area contributed by atoms with E-state index in [2.05, 4.69) is 0 Å². The lowest BCUT2D eigenvalue weighted by atomic mass is 10.1. The molecule has 4 nitrogen and oxygen atoms in total. The third-order valence-corrected chi connectivity index (χ3v) is 2.02. The fraction of sp³-hybridized carbons (Fsp3) is 0.333. The van der Waals surface area contributed by atoms with Crippen LogP contribution < -0.4 is 0 Å². The first-order valence-electron chi connectivity index (χ1n) is 5.58. The number of ether oxygens (including phenoxy) is 1. The molecule has 0 aliphatic carbocycles. The Hall–Kier alpha value is -1.84. The Labute approximate surface area is 95.3 Å². The highest BCUT2D eigenvalue weighted by Crippen LogP contribution is 2.10. The predicted octanol–water partition coefficient (Wildman–Crippen LogP) is 2.34. The molecule has 0 saturated heterocycles. The van der Waals surface area contributed by atoms with Crippen LogP contribution in [-0.2, 0) is 4.74 Å². The molecule has 0 fully saturated rings. The van der Waals surface area contributed by atoms with E-state index < -0.39 is 11.9 Å². The van der Waals surface area contributed by atoms with Crippen molar-refractivity contribution in [2.24, 2.45) is 0 Å².